The first-order valence-corrected chi connectivity index (χ1v) is 9.26. The fourth-order valence-corrected chi connectivity index (χ4v) is 3.17. The number of nitrogens with one attached hydrogen (secondary N) is 1. The van der Waals surface area contributed by atoms with Gasteiger partial charge in [-0.2, -0.15) is 0 Å². The summed E-state index contributed by atoms with van der Waals surface area (Å²) in [7, 11) is 0. The molecule has 1 aromatic heterocycles. The van der Waals surface area contributed by atoms with Crippen molar-refractivity contribution in [2.24, 2.45) is 0 Å². The van der Waals surface area contributed by atoms with Crippen molar-refractivity contribution in [1.29, 1.82) is 0 Å². The van der Waals surface area contributed by atoms with E-state index in [1.54, 1.807) is 17.3 Å². The molecule has 0 saturated carbocycles. The molecule has 1 aliphatic rings. The third-order valence-electron chi connectivity index (χ3n) is 4.76. The molecule has 6 nitrogen and oxygen atoms in total. The first-order valence-electron chi connectivity index (χ1n) is 9.26. The molecular weight excluding hydrogens is 352 g/mol. The number of aromatic nitrogens is 2. The number of nitrogens with zero attached hydrogens (tertiary/aromatic N) is 3. The van der Waals surface area contributed by atoms with Crippen LogP contribution >= 0.6 is 0 Å². The number of aryl methyl sites for hydroxylation is 2. The van der Waals surface area contributed by atoms with Crippen molar-refractivity contribution in [2.45, 2.75) is 20.0 Å². The molecule has 2 heterocycles. The fraction of sp³-hybridized carbons (Fsp3) is 0.227. The van der Waals surface area contributed by atoms with Crippen molar-refractivity contribution < 1.29 is 9.53 Å². The third-order valence-corrected chi connectivity index (χ3v) is 4.76. The van der Waals surface area contributed by atoms with Gasteiger partial charge in [-0.1, -0.05) is 36.4 Å². The number of likely N-dealkylation sites (tertiary alicyclic amines) is 1. The zero-order valence-corrected chi connectivity index (χ0v) is 15.9. The quantitative estimate of drug-likeness (QED) is 0.737. The van der Waals surface area contributed by atoms with Crippen LogP contribution in [0.1, 0.15) is 21.5 Å². The zero-order chi connectivity index (χ0) is 19.5. The molecule has 28 heavy (non-hydrogen) atoms. The number of benzene rings is 2. The molecule has 1 amide bonds. The van der Waals surface area contributed by atoms with E-state index in [2.05, 4.69) is 15.3 Å². The highest BCUT2D eigenvalue weighted by molar-refractivity contribution is 5.94. The van der Waals surface area contributed by atoms with Gasteiger partial charge in [-0.3, -0.25) is 4.79 Å². The van der Waals surface area contributed by atoms with Crippen LogP contribution in [0.15, 0.2) is 60.9 Å². The summed E-state index contributed by atoms with van der Waals surface area (Å²) in [5.74, 6) is 1.30. The number of anilines is 2. The number of ether oxygens (including phenoxy) is 1. The molecule has 0 spiro atoms. The van der Waals surface area contributed by atoms with Crippen LogP contribution in [0.4, 0.5) is 11.6 Å². The highest BCUT2D eigenvalue weighted by Crippen LogP contribution is 2.26. The molecule has 142 valence electrons. The maximum atomic E-state index is 12.6. The minimum Gasteiger partial charge on any atom is -0.486 e. The van der Waals surface area contributed by atoms with Crippen LogP contribution < -0.4 is 10.1 Å². The van der Waals surface area contributed by atoms with E-state index < -0.39 is 0 Å². The first-order chi connectivity index (χ1) is 13.6. The number of rotatable bonds is 5. The maximum Gasteiger partial charge on any atom is 0.257 e. The van der Waals surface area contributed by atoms with E-state index in [0.717, 1.165) is 22.6 Å². The van der Waals surface area contributed by atoms with Crippen LogP contribution in [0.5, 0.6) is 5.75 Å². The second kappa shape index (κ2) is 7.68. The summed E-state index contributed by atoms with van der Waals surface area (Å²) in [4.78, 5) is 22.8. The summed E-state index contributed by atoms with van der Waals surface area (Å²) in [6.07, 6.45) is 3.13. The number of hydrogen-bond acceptors (Lipinski definition) is 5. The summed E-state index contributed by atoms with van der Waals surface area (Å²) < 4.78 is 6.08. The lowest BCUT2D eigenvalue weighted by Gasteiger charge is -2.39. The standard InChI is InChI=1S/C22H22N4O2/c1-15-7-6-8-16(2)20(15)28-19-13-26(14-19)21(27)17-11-23-22(24-12-17)25-18-9-4-3-5-10-18/h3-12,19H,13-14H2,1-2H3,(H,23,24,25). The predicted octanol–water partition coefficient (Wildman–Crippen LogP) is 3.74. The average Bonchev–Trinajstić information content (AvgIpc) is 2.67. The Morgan fingerprint density at radius 1 is 1.00 bits per heavy atom. The number of para-hydroxylation sites is 2. The predicted molar refractivity (Wildman–Crippen MR) is 108 cm³/mol. The summed E-state index contributed by atoms with van der Waals surface area (Å²) in [6, 6.07) is 15.8. The van der Waals surface area contributed by atoms with Crippen LogP contribution in [0, 0.1) is 13.8 Å². The summed E-state index contributed by atoms with van der Waals surface area (Å²) in [5, 5.41) is 3.11. The summed E-state index contributed by atoms with van der Waals surface area (Å²) >= 11 is 0. The van der Waals surface area contributed by atoms with E-state index >= 15 is 0 Å². The summed E-state index contributed by atoms with van der Waals surface area (Å²) in [6.45, 7) is 5.20. The van der Waals surface area contributed by atoms with Crippen LogP contribution in [0.3, 0.4) is 0 Å². The van der Waals surface area contributed by atoms with Crippen LogP contribution in [-0.4, -0.2) is 40.0 Å². The topological polar surface area (TPSA) is 67.3 Å². The van der Waals surface area contributed by atoms with Crippen molar-refractivity contribution >= 4 is 17.5 Å². The van der Waals surface area contributed by atoms with Crippen LogP contribution in [0.25, 0.3) is 0 Å². The van der Waals surface area contributed by atoms with Crippen molar-refractivity contribution in [3.63, 3.8) is 0 Å². The molecule has 0 radical (unpaired) electrons. The van der Waals surface area contributed by atoms with E-state index in [1.165, 1.54) is 0 Å². The van der Waals surface area contributed by atoms with Gasteiger partial charge in [-0.05, 0) is 37.1 Å². The summed E-state index contributed by atoms with van der Waals surface area (Å²) in [5.41, 5.74) is 3.60. The second-order valence-corrected chi connectivity index (χ2v) is 6.96. The number of carbonyl (C=O) groups excluding carboxylic acids is 1. The van der Waals surface area contributed by atoms with E-state index in [0.29, 0.717) is 24.6 Å². The van der Waals surface area contributed by atoms with Gasteiger partial charge in [0.05, 0.1) is 18.7 Å². The lowest BCUT2D eigenvalue weighted by Crippen LogP contribution is -2.56. The van der Waals surface area contributed by atoms with Gasteiger partial charge in [0.15, 0.2) is 0 Å². The second-order valence-electron chi connectivity index (χ2n) is 6.96. The Morgan fingerprint density at radius 2 is 1.64 bits per heavy atom. The van der Waals surface area contributed by atoms with Gasteiger partial charge in [0.1, 0.15) is 11.9 Å². The van der Waals surface area contributed by atoms with E-state index in [4.69, 9.17) is 4.74 Å². The van der Waals surface area contributed by atoms with E-state index in [9.17, 15) is 4.79 Å². The molecule has 4 rings (SSSR count). The number of hydrogen-bond donors (Lipinski definition) is 1. The van der Waals surface area contributed by atoms with Crippen molar-refractivity contribution in [3.05, 3.63) is 77.6 Å². The third kappa shape index (κ3) is 3.81. The van der Waals surface area contributed by atoms with Gasteiger partial charge in [0, 0.05) is 18.1 Å². The lowest BCUT2D eigenvalue weighted by atomic mass is 10.1. The van der Waals surface area contributed by atoms with Crippen molar-refractivity contribution in [3.8, 4) is 5.75 Å². The Balaban J connectivity index is 1.33. The van der Waals surface area contributed by atoms with E-state index in [-0.39, 0.29) is 12.0 Å². The SMILES string of the molecule is Cc1cccc(C)c1OC1CN(C(=O)c2cnc(Nc3ccccc3)nc2)C1. The van der Waals surface area contributed by atoms with Gasteiger partial charge in [-0.15, -0.1) is 0 Å². The van der Waals surface area contributed by atoms with Gasteiger partial charge < -0.3 is 15.0 Å². The van der Waals surface area contributed by atoms with Crippen molar-refractivity contribution in [2.75, 3.05) is 18.4 Å². The maximum absolute atomic E-state index is 12.6. The Bertz CT molecular complexity index is 947. The normalized spacial score (nSPS) is 13.7. The molecule has 1 saturated heterocycles. The molecule has 3 aromatic rings. The van der Waals surface area contributed by atoms with Crippen LogP contribution in [0.2, 0.25) is 0 Å². The molecule has 0 aliphatic carbocycles. The van der Waals surface area contributed by atoms with Gasteiger partial charge in [-0.25, -0.2) is 9.97 Å². The Hall–Kier alpha value is -3.41. The van der Waals surface area contributed by atoms with Gasteiger partial charge in [0.2, 0.25) is 5.95 Å². The highest BCUT2D eigenvalue weighted by Gasteiger charge is 2.33. The molecule has 0 unspecified atom stereocenters. The Kier molecular flexibility index (Phi) is 4.93. The molecule has 1 aliphatic heterocycles. The molecule has 0 bridgehead atoms. The smallest absolute Gasteiger partial charge is 0.257 e. The minimum absolute atomic E-state index is 0.0173. The number of amides is 1. The average molecular weight is 374 g/mol. The largest absolute Gasteiger partial charge is 0.486 e. The van der Waals surface area contributed by atoms with Crippen LogP contribution in [-0.2, 0) is 0 Å². The zero-order valence-electron chi connectivity index (χ0n) is 15.9. The van der Waals surface area contributed by atoms with Gasteiger partial charge >= 0.3 is 0 Å². The molecule has 1 N–H and O–H groups in total. The molecule has 0 atom stereocenters. The lowest BCUT2D eigenvalue weighted by molar-refractivity contribution is 0.0172. The molecule has 1 fully saturated rings. The molecule has 2 aromatic carbocycles. The molecule has 6 heteroatoms. The number of carbonyl (C=O) groups is 1. The highest BCUT2D eigenvalue weighted by atomic mass is 16.5. The first kappa shape index (κ1) is 18.0. The van der Waals surface area contributed by atoms with Crippen molar-refractivity contribution in [1.82, 2.24) is 14.9 Å². The molecular formula is C22H22N4O2. The van der Waals surface area contributed by atoms with E-state index in [1.807, 2.05) is 62.4 Å². The Morgan fingerprint density at radius 3 is 2.29 bits per heavy atom. The monoisotopic (exact) mass is 374 g/mol. The Labute approximate surface area is 164 Å². The fourth-order valence-electron chi connectivity index (χ4n) is 3.17. The van der Waals surface area contributed by atoms with Gasteiger partial charge in [0.25, 0.3) is 5.91 Å². The minimum atomic E-state index is -0.0763.